The van der Waals surface area contributed by atoms with E-state index in [0.29, 0.717) is 0 Å². The Morgan fingerprint density at radius 1 is 0.767 bits per heavy atom. The molecule has 0 saturated carbocycles. The van der Waals surface area contributed by atoms with Gasteiger partial charge in [0.05, 0.1) is 12.5 Å². The molecule has 0 atom stereocenters. The van der Waals surface area contributed by atoms with Crippen molar-refractivity contribution in [3.05, 3.63) is 83.3 Å². The summed E-state index contributed by atoms with van der Waals surface area (Å²) in [5.74, 6) is 1.92. The molecule has 0 aliphatic heterocycles. The topological polar surface area (TPSA) is 26.3 Å². The van der Waals surface area contributed by atoms with E-state index in [4.69, 9.17) is 25.9 Å². The first-order valence-corrected chi connectivity index (χ1v) is 22.2. The van der Waals surface area contributed by atoms with Gasteiger partial charge in [-0.05, 0) is 12.1 Å². The Balaban J connectivity index is 0.000000171. The molecule has 30 heavy (non-hydrogen) atoms. The fourth-order valence-electron chi connectivity index (χ4n) is 3.00. The Labute approximate surface area is 194 Å². The maximum absolute atomic E-state index is 5.62. The predicted molar refractivity (Wildman–Crippen MR) is 128 cm³/mol. The fraction of sp³-hybridized carbons (Fsp3) is 0.250. The second-order valence-electron chi connectivity index (χ2n) is 7.47. The van der Waals surface area contributed by atoms with Crippen LogP contribution in [0, 0.1) is 27.7 Å². The average Bonchev–Trinajstić information content (AvgIpc) is 3.45. The second-order valence-corrected chi connectivity index (χ2v) is 30.5. The number of hydrogen-bond donors (Lipinski definition) is 0. The van der Waals surface area contributed by atoms with Gasteiger partial charge in [0.1, 0.15) is 0 Å². The van der Waals surface area contributed by atoms with Crippen LogP contribution in [0.1, 0.15) is 22.3 Å². The molecule has 2 aromatic carbocycles. The normalized spacial score (nSPS) is 10.0. The van der Waals surface area contributed by atoms with Gasteiger partial charge in [0.25, 0.3) is 0 Å². The summed E-state index contributed by atoms with van der Waals surface area (Å²) in [4.78, 5) is 0. The maximum atomic E-state index is 5.62. The van der Waals surface area contributed by atoms with E-state index < -0.39 is 18.0 Å². The van der Waals surface area contributed by atoms with Crippen LogP contribution in [0.3, 0.4) is 0 Å². The Morgan fingerprint density at radius 2 is 1.13 bits per heavy atom. The van der Waals surface area contributed by atoms with Crippen LogP contribution < -0.4 is 0 Å². The minimum atomic E-state index is -1.65. The van der Waals surface area contributed by atoms with Crippen molar-refractivity contribution in [3.8, 4) is 22.6 Å². The third-order valence-electron chi connectivity index (χ3n) is 4.43. The molecular weight excluding hydrogens is 510 g/mol. The van der Waals surface area contributed by atoms with Crippen molar-refractivity contribution in [1.29, 1.82) is 0 Å². The first kappa shape index (κ1) is 25.2. The zero-order valence-electron chi connectivity index (χ0n) is 18.3. The molecule has 6 heteroatoms. The summed E-state index contributed by atoms with van der Waals surface area (Å²) in [5.41, 5.74) is 7.33. The molecule has 0 aliphatic rings. The third kappa shape index (κ3) is 7.57. The average molecular weight is 539 g/mol. The summed E-state index contributed by atoms with van der Waals surface area (Å²) >= 11 is -1.65. The van der Waals surface area contributed by atoms with E-state index in [-0.39, 0.29) is 5.43 Å². The quantitative estimate of drug-likeness (QED) is 0.188. The molecule has 2 nitrogen and oxygen atoms in total. The van der Waals surface area contributed by atoms with Crippen molar-refractivity contribution in [2.24, 2.45) is 0 Å². The van der Waals surface area contributed by atoms with E-state index in [0.717, 1.165) is 11.5 Å². The maximum Gasteiger partial charge on any atom is 0.0768 e. The summed E-state index contributed by atoms with van der Waals surface area (Å²) in [5, 5.41) is 0. The second kappa shape index (κ2) is 12.1. The zero-order valence-corrected chi connectivity index (χ0v) is 23.3. The van der Waals surface area contributed by atoms with E-state index in [9.17, 15) is 0 Å². The smallest absolute Gasteiger partial charge is 0.0768 e. The molecule has 0 fully saturated rings. The van der Waals surface area contributed by atoms with Crippen LogP contribution in [0.5, 0.6) is 0 Å². The van der Waals surface area contributed by atoms with Gasteiger partial charge in [-0.15, -0.1) is 34.4 Å². The summed E-state index contributed by atoms with van der Waals surface area (Å²) in [6.07, 6.45) is 3.41. The van der Waals surface area contributed by atoms with Crippen LogP contribution in [0.4, 0.5) is 0 Å². The minimum Gasteiger partial charge on any atom is -0.508 e. The van der Waals surface area contributed by atoms with Crippen molar-refractivity contribution in [1.82, 2.24) is 0 Å². The van der Waals surface area contributed by atoms with Gasteiger partial charge in [-0.2, -0.15) is 23.3 Å². The van der Waals surface area contributed by atoms with Crippen LogP contribution in [0.2, 0.25) is 13.1 Å². The van der Waals surface area contributed by atoms with Crippen molar-refractivity contribution in [3.63, 3.8) is 0 Å². The van der Waals surface area contributed by atoms with Gasteiger partial charge in [0.15, 0.2) is 0 Å². The van der Waals surface area contributed by atoms with Crippen molar-refractivity contribution in [2.45, 2.75) is 40.8 Å². The molecule has 160 valence electrons. The summed E-state index contributed by atoms with van der Waals surface area (Å²) in [6.45, 7) is 12.7. The van der Waals surface area contributed by atoms with Gasteiger partial charge < -0.3 is 8.83 Å². The van der Waals surface area contributed by atoms with Gasteiger partial charge in [-0.3, -0.25) is 0 Å². The van der Waals surface area contributed by atoms with Gasteiger partial charge >= 0.3 is 53.5 Å². The van der Waals surface area contributed by atoms with Gasteiger partial charge in [0, 0.05) is 11.5 Å². The molecule has 0 N–H and O–H groups in total. The summed E-state index contributed by atoms with van der Waals surface area (Å²) in [7, 11) is 11.2. The van der Waals surface area contributed by atoms with Crippen LogP contribution in [-0.4, -0.2) is 5.43 Å². The molecule has 2 aromatic heterocycles. The molecule has 2 heterocycles. The molecule has 0 unspecified atom stereocenters. The number of furan rings is 2. The molecule has 0 amide bonds. The van der Waals surface area contributed by atoms with Gasteiger partial charge in [0.2, 0.25) is 0 Å². The molecule has 0 radical (unpaired) electrons. The first-order valence-electron chi connectivity index (χ1n) is 9.73. The monoisotopic (exact) mass is 536 g/mol. The molecule has 0 aliphatic carbocycles. The SMILES string of the molecule is C[Si](C)=[Zr]([Cl])[Cl].Cc1cc(C)c(-c2ccco2)[cH-]1.Cc1cc(C)c(-c2ccco2)[cH-]1. The first-order chi connectivity index (χ1) is 14.2. The molecular formula is C24H28Cl2O2SiZr-2. The number of aryl methyl sites for hydroxylation is 4. The van der Waals surface area contributed by atoms with E-state index in [1.54, 1.807) is 12.5 Å². The molecule has 4 aromatic rings. The third-order valence-corrected chi connectivity index (χ3v) is 24.2. The Hall–Kier alpha value is -1.06. The van der Waals surface area contributed by atoms with Gasteiger partial charge in [-0.1, -0.05) is 39.8 Å². The number of hydrogen-bond acceptors (Lipinski definition) is 2. The molecule has 0 bridgehead atoms. The zero-order chi connectivity index (χ0) is 22.3. The number of halogens is 2. The van der Waals surface area contributed by atoms with E-state index in [2.05, 4.69) is 65.1 Å². The number of rotatable bonds is 2. The van der Waals surface area contributed by atoms with E-state index in [1.165, 1.54) is 33.4 Å². The van der Waals surface area contributed by atoms with Crippen molar-refractivity contribution < 1.29 is 26.8 Å². The Bertz CT molecular complexity index is 977. The van der Waals surface area contributed by atoms with Crippen molar-refractivity contribution >= 4 is 22.5 Å². The van der Waals surface area contributed by atoms with Crippen LogP contribution in [-0.2, 0) is 18.0 Å². The van der Waals surface area contributed by atoms with Crippen LogP contribution in [0.25, 0.3) is 22.6 Å². The van der Waals surface area contributed by atoms with Crippen LogP contribution in [0.15, 0.2) is 69.9 Å². The largest absolute Gasteiger partial charge is 0.508 e. The Morgan fingerprint density at radius 3 is 1.33 bits per heavy atom. The predicted octanol–water partition coefficient (Wildman–Crippen LogP) is 8.73. The molecule has 0 saturated heterocycles. The standard InChI is InChI=1S/2C11H11O.C2H6Si.2ClH.Zr/c2*1-8-6-9(2)10(7-8)11-4-3-5-12-11;1-3-2;;;/h2*3-7H,1-2H3;1-2H3;2*1H;/q2*-1;;;;+2/p-2. The minimum absolute atomic E-state index is 0.224. The van der Waals surface area contributed by atoms with E-state index >= 15 is 0 Å². The summed E-state index contributed by atoms with van der Waals surface area (Å²) in [6, 6.07) is 16.4. The van der Waals surface area contributed by atoms with Crippen molar-refractivity contribution in [2.75, 3.05) is 0 Å². The molecule has 0 spiro atoms. The van der Waals surface area contributed by atoms with Gasteiger partial charge in [-0.25, -0.2) is 0 Å². The fourth-order valence-corrected chi connectivity index (χ4v) is 3.00. The summed E-state index contributed by atoms with van der Waals surface area (Å²) < 4.78 is 10.6. The molecule has 4 rings (SSSR count). The Kier molecular flexibility index (Phi) is 10.2. The van der Waals surface area contributed by atoms with E-state index in [1.807, 2.05) is 24.3 Å². The van der Waals surface area contributed by atoms with Crippen LogP contribution >= 0.6 is 17.0 Å².